The molecule has 1 fully saturated rings. The van der Waals surface area contributed by atoms with Crippen LogP contribution in [-0.4, -0.2) is 58.8 Å². The van der Waals surface area contributed by atoms with Gasteiger partial charge in [-0.2, -0.15) is 0 Å². The molecule has 2 aromatic rings. The van der Waals surface area contributed by atoms with Crippen molar-refractivity contribution in [1.29, 1.82) is 0 Å². The van der Waals surface area contributed by atoms with Gasteiger partial charge in [-0.05, 0) is 51.2 Å². The van der Waals surface area contributed by atoms with Crippen LogP contribution in [0.4, 0.5) is 0 Å². The minimum Gasteiger partial charge on any atom is -0.493 e. The number of carbonyl (C=O) groups is 2. The highest BCUT2D eigenvalue weighted by Gasteiger charge is 2.30. The van der Waals surface area contributed by atoms with Crippen LogP contribution < -0.4 is 4.74 Å². The largest absolute Gasteiger partial charge is 0.493 e. The lowest BCUT2D eigenvalue weighted by Gasteiger charge is -2.35. The van der Waals surface area contributed by atoms with Gasteiger partial charge in [0, 0.05) is 33.3 Å². The molecule has 166 valence electrons. The first-order valence-corrected chi connectivity index (χ1v) is 10.9. The molecule has 2 heterocycles. The van der Waals surface area contributed by atoms with Crippen molar-refractivity contribution in [3.05, 3.63) is 53.1 Å². The molecule has 0 N–H and O–H groups in total. The van der Waals surface area contributed by atoms with Crippen molar-refractivity contribution in [1.82, 2.24) is 19.8 Å². The molecule has 2 amide bonds. The summed E-state index contributed by atoms with van der Waals surface area (Å²) in [5.41, 5.74) is 2.23. The van der Waals surface area contributed by atoms with Crippen LogP contribution in [0.2, 0.25) is 0 Å². The van der Waals surface area contributed by atoms with Crippen molar-refractivity contribution < 1.29 is 14.3 Å². The first-order chi connectivity index (χ1) is 14.9. The van der Waals surface area contributed by atoms with Crippen LogP contribution in [0.5, 0.6) is 5.75 Å². The minimum absolute atomic E-state index is 0.104. The number of likely N-dealkylation sites (tertiary alicyclic amines) is 1. The van der Waals surface area contributed by atoms with E-state index >= 15 is 0 Å². The van der Waals surface area contributed by atoms with Gasteiger partial charge < -0.3 is 14.5 Å². The summed E-state index contributed by atoms with van der Waals surface area (Å²) >= 11 is 0. The first-order valence-electron chi connectivity index (χ1n) is 10.9. The monoisotopic (exact) mass is 424 g/mol. The lowest BCUT2D eigenvalue weighted by Crippen LogP contribution is -2.39. The topological polar surface area (TPSA) is 75.6 Å². The van der Waals surface area contributed by atoms with E-state index < -0.39 is 0 Å². The minimum atomic E-state index is -0.138. The highest BCUT2D eigenvalue weighted by Crippen LogP contribution is 2.30. The highest BCUT2D eigenvalue weighted by atomic mass is 16.5. The molecule has 1 aliphatic rings. The molecule has 31 heavy (non-hydrogen) atoms. The third-order valence-corrected chi connectivity index (χ3v) is 5.64. The zero-order valence-electron chi connectivity index (χ0n) is 18.9. The van der Waals surface area contributed by atoms with Gasteiger partial charge in [0.2, 0.25) is 5.91 Å². The maximum atomic E-state index is 13.0. The average Bonchev–Trinajstić information content (AvgIpc) is 2.77. The van der Waals surface area contributed by atoms with Crippen LogP contribution in [0, 0.1) is 13.8 Å². The van der Waals surface area contributed by atoms with Gasteiger partial charge in [-0.25, -0.2) is 9.97 Å². The number of ether oxygens (including phenoxy) is 1. The third-order valence-electron chi connectivity index (χ3n) is 5.64. The smallest absolute Gasteiger partial charge is 0.256 e. The van der Waals surface area contributed by atoms with Gasteiger partial charge in [0.15, 0.2) is 5.82 Å². The van der Waals surface area contributed by atoms with E-state index in [1.807, 2.05) is 43.0 Å². The number of aromatic nitrogens is 2. The summed E-state index contributed by atoms with van der Waals surface area (Å²) in [7, 11) is 3.42. The van der Waals surface area contributed by atoms with Crippen LogP contribution >= 0.6 is 0 Å². The zero-order chi connectivity index (χ0) is 22.4. The molecule has 3 rings (SSSR count). The van der Waals surface area contributed by atoms with Gasteiger partial charge in [-0.3, -0.25) is 9.59 Å². The molecule has 0 aliphatic carbocycles. The maximum absolute atomic E-state index is 13.0. The second kappa shape index (κ2) is 10.4. The Morgan fingerprint density at radius 1 is 1.19 bits per heavy atom. The van der Waals surface area contributed by atoms with Crippen LogP contribution in [-0.2, 0) is 4.79 Å². The summed E-state index contributed by atoms with van der Waals surface area (Å²) < 4.78 is 5.83. The molecule has 1 saturated heterocycles. The van der Waals surface area contributed by atoms with Crippen molar-refractivity contribution in [2.75, 3.05) is 27.2 Å². The van der Waals surface area contributed by atoms with Crippen LogP contribution in [0.15, 0.2) is 30.5 Å². The van der Waals surface area contributed by atoms with Crippen molar-refractivity contribution >= 4 is 11.8 Å². The van der Waals surface area contributed by atoms with E-state index in [1.54, 1.807) is 20.3 Å². The zero-order valence-corrected chi connectivity index (χ0v) is 18.9. The van der Waals surface area contributed by atoms with Gasteiger partial charge >= 0.3 is 0 Å². The quantitative estimate of drug-likeness (QED) is 0.634. The molecule has 1 atom stereocenters. The fourth-order valence-electron chi connectivity index (χ4n) is 3.86. The number of aryl methyl sites for hydroxylation is 2. The van der Waals surface area contributed by atoms with Crippen molar-refractivity contribution in [2.24, 2.45) is 0 Å². The summed E-state index contributed by atoms with van der Waals surface area (Å²) in [5, 5.41) is 0. The Kier molecular flexibility index (Phi) is 7.60. The normalized spacial score (nSPS) is 16.1. The Labute approximate surface area is 184 Å². The van der Waals surface area contributed by atoms with Crippen molar-refractivity contribution in [3.8, 4) is 5.75 Å². The number of carbonyl (C=O) groups excluding carboxylic acids is 2. The van der Waals surface area contributed by atoms with Gasteiger partial charge in [-0.15, -0.1) is 0 Å². The summed E-state index contributed by atoms with van der Waals surface area (Å²) in [6.07, 6.45) is 5.54. The van der Waals surface area contributed by atoms with Crippen molar-refractivity contribution in [2.45, 2.75) is 52.0 Å². The number of para-hydroxylation sites is 1. The number of hydrogen-bond donors (Lipinski definition) is 0. The molecule has 0 spiro atoms. The number of amides is 2. The van der Waals surface area contributed by atoms with E-state index in [2.05, 4.69) is 9.97 Å². The molecule has 0 saturated carbocycles. The number of piperidine rings is 1. The van der Waals surface area contributed by atoms with E-state index in [-0.39, 0.29) is 17.9 Å². The van der Waals surface area contributed by atoms with Gasteiger partial charge in [-0.1, -0.05) is 18.2 Å². The standard InChI is InChI=1S/C24H32N4O3/c1-17-10-5-6-12-21(17)31-15-9-13-22(29)28-14-8-7-11-20(28)23-25-16-19(18(2)26-23)24(30)27(3)4/h5-6,10,12,16,20H,7-9,11,13-15H2,1-4H3/t20-/m0/s1. The molecule has 0 unspecified atom stereocenters. The van der Waals surface area contributed by atoms with Crippen molar-refractivity contribution in [3.63, 3.8) is 0 Å². The highest BCUT2D eigenvalue weighted by molar-refractivity contribution is 5.94. The van der Waals surface area contributed by atoms with E-state index in [0.29, 0.717) is 43.1 Å². The number of rotatable bonds is 7. The van der Waals surface area contributed by atoms with Gasteiger partial charge in [0.1, 0.15) is 5.75 Å². The molecule has 1 aromatic carbocycles. The first kappa shape index (κ1) is 22.7. The Bertz CT molecular complexity index is 929. The Balaban J connectivity index is 1.62. The van der Waals surface area contributed by atoms with Gasteiger partial charge in [0.25, 0.3) is 5.91 Å². The lowest BCUT2D eigenvalue weighted by molar-refractivity contribution is -0.135. The number of hydrogen-bond acceptors (Lipinski definition) is 5. The lowest BCUT2D eigenvalue weighted by atomic mass is 10.00. The molecule has 1 aliphatic heterocycles. The Hall–Kier alpha value is -2.96. The second-order valence-corrected chi connectivity index (χ2v) is 8.24. The summed E-state index contributed by atoms with van der Waals surface area (Å²) in [6, 6.07) is 7.75. The summed E-state index contributed by atoms with van der Waals surface area (Å²) in [5.74, 6) is 1.47. The predicted octanol–water partition coefficient (Wildman–Crippen LogP) is 3.71. The second-order valence-electron chi connectivity index (χ2n) is 8.24. The predicted molar refractivity (Wildman–Crippen MR) is 119 cm³/mol. The van der Waals surface area contributed by atoms with E-state index in [4.69, 9.17) is 4.74 Å². The number of benzene rings is 1. The molecule has 7 nitrogen and oxygen atoms in total. The maximum Gasteiger partial charge on any atom is 0.256 e. The molecule has 0 radical (unpaired) electrons. The Morgan fingerprint density at radius 2 is 1.97 bits per heavy atom. The van der Waals surface area contributed by atoms with Crippen LogP contribution in [0.3, 0.4) is 0 Å². The van der Waals surface area contributed by atoms with Gasteiger partial charge in [0.05, 0.1) is 23.9 Å². The van der Waals surface area contributed by atoms with Crippen LogP contribution in [0.1, 0.15) is 65.6 Å². The summed E-state index contributed by atoms with van der Waals surface area (Å²) in [6.45, 7) is 5.05. The summed E-state index contributed by atoms with van der Waals surface area (Å²) in [4.78, 5) is 37.7. The Morgan fingerprint density at radius 3 is 2.68 bits per heavy atom. The van der Waals surface area contributed by atoms with E-state index in [1.165, 1.54) is 4.90 Å². The average molecular weight is 425 g/mol. The fourth-order valence-corrected chi connectivity index (χ4v) is 3.86. The molecular weight excluding hydrogens is 392 g/mol. The van der Waals surface area contributed by atoms with E-state index in [0.717, 1.165) is 30.6 Å². The fraction of sp³-hybridized carbons (Fsp3) is 0.500. The SMILES string of the molecule is Cc1ccccc1OCCCC(=O)N1CCCC[C@H]1c1ncc(C(=O)N(C)C)c(C)n1. The van der Waals surface area contributed by atoms with Crippen LogP contribution in [0.25, 0.3) is 0 Å². The molecule has 1 aromatic heterocycles. The molecule has 7 heteroatoms. The molecular formula is C24H32N4O3. The number of nitrogens with zero attached hydrogens (tertiary/aromatic N) is 4. The third kappa shape index (κ3) is 5.60. The molecule has 0 bridgehead atoms. The van der Waals surface area contributed by atoms with E-state index in [9.17, 15) is 9.59 Å².